The predicted octanol–water partition coefficient (Wildman–Crippen LogP) is 2.35. The van der Waals surface area contributed by atoms with E-state index in [0.717, 1.165) is 15.3 Å². The smallest absolute Gasteiger partial charge is 0.242 e. The first-order valence-corrected chi connectivity index (χ1v) is 10.1. The standard InChI is InChI=1S/C16H23N3O2S2/c1-5-19(15(20)10-18(3)12(2)11-23(4)21)16-17-13-8-6-7-9-14(13)22-16/h6-9,12H,5,10-11H2,1-4H3/t12-,23-/m0/s1. The van der Waals surface area contributed by atoms with Crippen LogP contribution in [-0.4, -0.2) is 58.2 Å². The van der Waals surface area contributed by atoms with Gasteiger partial charge >= 0.3 is 0 Å². The molecule has 2 aromatic rings. The summed E-state index contributed by atoms with van der Waals surface area (Å²) in [7, 11) is 1.02. The average molecular weight is 354 g/mol. The highest BCUT2D eigenvalue weighted by Gasteiger charge is 2.21. The van der Waals surface area contributed by atoms with Crippen molar-refractivity contribution < 1.29 is 9.00 Å². The van der Waals surface area contributed by atoms with Crippen molar-refractivity contribution in [1.82, 2.24) is 9.88 Å². The van der Waals surface area contributed by atoms with Crippen LogP contribution in [0.1, 0.15) is 13.8 Å². The number of benzene rings is 1. The van der Waals surface area contributed by atoms with E-state index in [1.165, 1.54) is 11.3 Å². The molecule has 1 amide bonds. The zero-order chi connectivity index (χ0) is 17.0. The van der Waals surface area contributed by atoms with Crippen LogP contribution in [0, 0.1) is 0 Å². The maximum absolute atomic E-state index is 12.6. The normalized spacial score (nSPS) is 14.1. The quantitative estimate of drug-likeness (QED) is 0.767. The van der Waals surface area contributed by atoms with Gasteiger partial charge in [0.25, 0.3) is 0 Å². The lowest BCUT2D eigenvalue weighted by Crippen LogP contribution is -2.43. The van der Waals surface area contributed by atoms with Gasteiger partial charge in [-0.25, -0.2) is 4.98 Å². The Morgan fingerprint density at radius 3 is 2.70 bits per heavy atom. The van der Waals surface area contributed by atoms with E-state index in [9.17, 15) is 9.00 Å². The van der Waals surface area contributed by atoms with Crippen LogP contribution >= 0.6 is 11.3 Å². The molecule has 0 radical (unpaired) electrons. The molecule has 23 heavy (non-hydrogen) atoms. The number of likely N-dealkylation sites (N-methyl/N-ethyl adjacent to an activating group) is 2. The fourth-order valence-corrected chi connectivity index (χ4v) is 4.30. The number of anilines is 1. The van der Waals surface area contributed by atoms with Gasteiger partial charge in [0.2, 0.25) is 5.91 Å². The zero-order valence-corrected chi connectivity index (χ0v) is 15.6. The lowest BCUT2D eigenvalue weighted by molar-refractivity contribution is -0.119. The number of hydrogen-bond donors (Lipinski definition) is 0. The van der Waals surface area contributed by atoms with Crippen LogP contribution in [0.2, 0.25) is 0 Å². The van der Waals surface area contributed by atoms with E-state index in [2.05, 4.69) is 4.98 Å². The Morgan fingerprint density at radius 2 is 2.09 bits per heavy atom. The molecule has 0 spiro atoms. The molecule has 1 aromatic carbocycles. The third kappa shape index (κ3) is 4.59. The van der Waals surface area contributed by atoms with Gasteiger partial charge in [0.05, 0.1) is 16.8 Å². The highest BCUT2D eigenvalue weighted by molar-refractivity contribution is 7.84. The topological polar surface area (TPSA) is 53.5 Å². The third-order valence-electron chi connectivity index (χ3n) is 3.74. The highest BCUT2D eigenvalue weighted by atomic mass is 32.2. The second kappa shape index (κ2) is 7.99. The van der Waals surface area contributed by atoms with E-state index in [0.29, 0.717) is 18.8 Å². The van der Waals surface area contributed by atoms with Gasteiger partial charge in [0, 0.05) is 35.4 Å². The molecule has 0 aliphatic carbocycles. The Labute approximate surface area is 143 Å². The van der Waals surface area contributed by atoms with Gasteiger partial charge in [0.1, 0.15) is 0 Å². The fraction of sp³-hybridized carbons (Fsp3) is 0.500. The number of hydrogen-bond acceptors (Lipinski definition) is 5. The van der Waals surface area contributed by atoms with Crippen molar-refractivity contribution in [1.29, 1.82) is 0 Å². The molecule has 0 fully saturated rings. The van der Waals surface area contributed by atoms with E-state index in [4.69, 9.17) is 0 Å². The number of nitrogens with zero attached hydrogens (tertiary/aromatic N) is 3. The summed E-state index contributed by atoms with van der Waals surface area (Å²) < 4.78 is 12.4. The van der Waals surface area contributed by atoms with Gasteiger partial charge in [-0.2, -0.15) is 0 Å². The van der Waals surface area contributed by atoms with Crippen molar-refractivity contribution in [2.24, 2.45) is 0 Å². The van der Waals surface area contributed by atoms with Gasteiger partial charge in [0.15, 0.2) is 5.13 Å². The van der Waals surface area contributed by atoms with Gasteiger partial charge < -0.3 is 0 Å². The van der Waals surface area contributed by atoms with Gasteiger partial charge in [-0.15, -0.1) is 0 Å². The van der Waals surface area contributed by atoms with E-state index in [1.54, 1.807) is 11.2 Å². The summed E-state index contributed by atoms with van der Waals surface area (Å²) in [6, 6.07) is 7.99. The maximum Gasteiger partial charge on any atom is 0.242 e. The van der Waals surface area contributed by atoms with Crippen molar-refractivity contribution in [2.45, 2.75) is 19.9 Å². The van der Waals surface area contributed by atoms with Gasteiger partial charge in [-0.05, 0) is 33.0 Å². The Morgan fingerprint density at radius 1 is 1.39 bits per heavy atom. The molecule has 1 aromatic heterocycles. The minimum atomic E-state index is -0.867. The first-order chi connectivity index (χ1) is 10.9. The van der Waals surface area contributed by atoms with Crippen LogP contribution in [0.5, 0.6) is 0 Å². The molecule has 5 nitrogen and oxygen atoms in total. The van der Waals surface area contributed by atoms with E-state index in [1.807, 2.05) is 50.1 Å². The maximum atomic E-state index is 12.6. The van der Waals surface area contributed by atoms with Crippen LogP contribution < -0.4 is 4.90 Å². The van der Waals surface area contributed by atoms with Crippen LogP contribution in [0.15, 0.2) is 24.3 Å². The van der Waals surface area contributed by atoms with Crippen LogP contribution in [0.3, 0.4) is 0 Å². The lowest BCUT2D eigenvalue weighted by Gasteiger charge is -2.26. The molecule has 0 aliphatic heterocycles. The first kappa shape index (κ1) is 18.0. The molecule has 7 heteroatoms. The summed E-state index contributed by atoms with van der Waals surface area (Å²) >= 11 is 1.53. The molecule has 0 saturated heterocycles. The predicted molar refractivity (Wildman–Crippen MR) is 98.7 cm³/mol. The number of fused-ring (bicyclic) bond motifs is 1. The van der Waals surface area contributed by atoms with Crippen molar-refractivity contribution in [3.63, 3.8) is 0 Å². The SMILES string of the molecule is CCN(C(=O)CN(C)[C@@H](C)C[S@](C)=O)c1nc2ccccc2s1. The van der Waals surface area contributed by atoms with Crippen LogP contribution in [0.25, 0.3) is 10.2 Å². The molecule has 2 atom stereocenters. The number of thiazole rings is 1. The second-order valence-corrected chi connectivity index (χ2v) is 8.09. The van der Waals surface area contributed by atoms with Crippen LogP contribution in [0.4, 0.5) is 5.13 Å². The number of carbonyl (C=O) groups is 1. The molecular weight excluding hydrogens is 330 g/mol. The third-order valence-corrected chi connectivity index (χ3v) is 5.76. The van der Waals surface area contributed by atoms with Gasteiger partial charge in [-0.3, -0.25) is 18.8 Å². The van der Waals surface area contributed by atoms with Crippen molar-refractivity contribution >= 4 is 43.4 Å². The molecule has 0 unspecified atom stereocenters. The van der Waals surface area contributed by atoms with Crippen molar-refractivity contribution in [3.8, 4) is 0 Å². The summed E-state index contributed by atoms with van der Waals surface area (Å²) in [5.41, 5.74) is 0.918. The molecule has 0 bridgehead atoms. The molecule has 2 rings (SSSR count). The average Bonchev–Trinajstić information content (AvgIpc) is 2.90. The largest absolute Gasteiger partial charge is 0.294 e. The van der Waals surface area contributed by atoms with Crippen LogP contribution in [-0.2, 0) is 15.6 Å². The summed E-state index contributed by atoms with van der Waals surface area (Å²) in [4.78, 5) is 20.9. The highest BCUT2D eigenvalue weighted by Crippen LogP contribution is 2.28. The minimum Gasteiger partial charge on any atom is -0.294 e. The minimum absolute atomic E-state index is 0.0165. The fourth-order valence-electron chi connectivity index (χ4n) is 2.32. The molecule has 1 heterocycles. The lowest BCUT2D eigenvalue weighted by atomic mass is 10.3. The Bertz CT molecular complexity index is 668. The number of amides is 1. The van der Waals surface area contributed by atoms with Gasteiger partial charge in [-0.1, -0.05) is 23.5 Å². The van der Waals surface area contributed by atoms with Crippen molar-refractivity contribution in [3.05, 3.63) is 24.3 Å². The molecule has 0 aliphatic rings. The Hall–Kier alpha value is -1.31. The number of para-hydroxylation sites is 1. The second-order valence-electron chi connectivity index (χ2n) is 5.61. The molecule has 126 valence electrons. The first-order valence-electron chi connectivity index (χ1n) is 7.58. The van der Waals surface area contributed by atoms with Crippen molar-refractivity contribution in [2.75, 3.05) is 37.0 Å². The summed E-state index contributed by atoms with van der Waals surface area (Å²) in [6.45, 7) is 4.82. The summed E-state index contributed by atoms with van der Waals surface area (Å²) in [6.07, 6.45) is 1.69. The molecule has 0 N–H and O–H groups in total. The number of carbonyl (C=O) groups excluding carboxylic acids is 1. The zero-order valence-electron chi connectivity index (χ0n) is 14.0. The monoisotopic (exact) mass is 353 g/mol. The Balaban J connectivity index is 2.10. The Kier molecular flexibility index (Phi) is 6.26. The molecule has 0 saturated carbocycles. The number of aromatic nitrogens is 1. The summed E-state index contributed by atoms with van der Waals surface area (Å²) in [5, 5.41) is 0.735. The number of rotatable bonds is 7. The van der Waals surface area contributed by atoms with E-state index >= 15 is 0 Å². The van der Waals surface area contributed by atoms with E-state index < -0.39 is 10.8 Å². The molecular formula is C16H23N3O2S2. The van der Waals surface area contributed by atoms with E-state index in [-0.39, 0.29) is 11.9 Å². The summed E-state index contributed by atoms with van der Waals surface area (Å²) in [5.74, 6) is 0.583.